The van der Waals surface area contributed by atoms with Crippen LogP contribution in [-0.2, 0) is 0 Å². The third kappa shape index (κ3) is 1.78. The van der Waals surface area contributed by atoms with Crippen molar-refractivity contribution in [1.29, 1.82) is 0 Å². The highest BCUT2D eigenvalue weighted by Gasteiger charge is 2.11. The van der Waals surface area contributed by atoms with Crippen LogP contribution in [0.5, 0.6) is 0 Å². The summed E-state index contributed by atoms with van der Waals surface area (Å²) in [6.45, 7) is 9.41. The summed E-state index contributed by atoms with van der Waals surface area (Å²) in [6, 6.07) is 4.05. The van der Waals surface area contributed by atoms with Gasteiger partial charge >= 0.3 is 0 Å². The minimum Gasteiger partial charge on any atom is -0.435 e. The lowest BCUT2D eigenvalue weighted by atomic mass is 10.3. The summed E-state index contributed by atoms with van der Waals surface area (Å²) in [7, 11) is 0. The maximum atomic E-state index is 5.56. The molecule has 2 rings (SSSR count). The average Bonchev–Trinajstić information content (AvgIpc) is 2.82. The topological polar surface area (TPSA) is 26.0 Å². The van der Waals surface area contributed by atoms with Crippen molar-refractivity contribution in [2.75, 3.05) is 0 Å². The van der Waals surface area contributed by atoms with Gasteiger partial charge in [-0.1, -0.05) is 13.2 Å². The smallest absolute Gasteiger partial charge is 0.237 e. The molecule has 0 N–H and O–H groups in total. The van der Waals surface area contributed by atoms with Gasteiger partial charge in [0, 0.05) is 4.88 Å². The molecule has 0 aliphatic carbocycles. The van der Waals surface area contributed by atoms with Crippen molar-refractivity contribution in [2.24, 2.45) is 0 Å². The SMILES string of the molecule is C=Cc1nc(-c2ccc(C)s2)oc1C=C. The van der Waals surface area contributed by atoms with Gasteiger partial charge < -0.3 is 4.42 Å². The molecule has 2 aromatic heterocycles. The van der Waals surface area contributed by atoms with E-state index in [1.807, 2.05) is 12.1 Å². The molecule has 0 spiro atoms. The number of rotatable bonds is 3. The molecule has 0 unspecified atom stereocenters. The number of aromatic nitrogens is 1. The minimum atomic E-state index is 0.637. The van der Waals surface area contributed by atoms with E-state index in [1.54, 1.807) is 23.5 Å². The lowest BCUT2D eigenvalue weighted by molar-refractivity contribution is 0.566. The molecule has 0 saturated heterocycles. The summed E-state index contributed by atoms with van der Waals surface area (Å²) < 4.78 is 5.56. The van der Waals surface area contributed by atoms with Crippen molar-refractivity contribution in [1.82, 2.24) is 4.98 Å². The molecule has 2 heterocycles. The predicted octanol–water partition coefficient (Wildman–Crippen LogP) is 4.00. The van der Waals surface area contributed by atoms with Gasteiger partial charge in [0.25, 0.3) is 0 Å². The third-order valence-electron chi connectivity index (χ3n) is 2.01. The highest BCUT2D eigenvalue weighted by molar-refractivity contribution is 7.15. The first kappa shape index (κ1) is 9.93. The lowest BCUT2D eigenvalue weighted by Crippen LogP contribution is -1.73. The van der Waals surface area contributed by atoms with Gasteiger partial charge in [-0.3, -0.25) is 0 Å². The van der Waals surface area contributed by atoms with E-state index < -0.39 is 0 Å². The molecule has 3 heteroatoms. The molecular formula is C12H11NOS. The van der Waals surface area contributed by atoms with Gasteiger partial charge in [0.1, 0.15) is 5.69 Å². The van der Waals surface area contributed by atoms with Crippen molar-refractivity contribution in [3.05, 3.63) is 41.6 Å². The molecule has 0 bridgehead atoms. The molecule has 0 aliphatic heterocycles. The van der Waals surface area contributed by atoms with Gasteiger partial charge in [-0.25, -0.2) is 4.98 Å². The van der Waals surface area contributed by atoms with Crippen LogP contribution in [-0.4, -0.2) is 4.98 Å². The third-order valence-corrected chi connectivity index (χ3v) is 3.00. The largest absolute Gasteiger partial charge is 0.435 e. The summed E-state index contributed by atoms with van der Waals surface area (Å²) in [6.07, 6.45) is 3.32. The van der Waals surface area contributed by atoms with Crippen LogP contribution in [0.4, 0.5) is 0 Å². The van der Waals surface area contributed by atoms with Crippen molar-refractivity contribution < 1.29 is 4.42 Å². The number of nitrogens with zero attached hydrogens (tertiary/aromatic N) is 1. The zero-order chi connectivity index (χ0) is 10.8. The van der Waals surface area contributed by atoms with Gasteiger partial charge in [0.2, 0.25) is 5.89 Å². The molecule has 2 aromatic rings. The number of oxazole rings is 1. The second kappa shape index (κ2) is 3.87. The maximum Gasteiger partial charge on any atom is 0.237 e. The van der Waals surface area contributed by atoms with Crippen LogP contribution in [0, 0.1) is 6.92 Å². The van der Waals surface area contributed by atoms with Crippen LogP contribution in [0.3, 0.4) is 0 Å². The molecule has 15 heavy (non-hydrogen) atoms. The molecule has 0 amide bonds. The Bertz CT molecular complexity index is 482. The Labute approximate surface area is 92.6 Å². The Morgan fingerprint density at radius 2 is 2.13 bits per heavy atom. The maximum absolute atomic E-state index is 5.56. The van der Waals surface area contributed by atoms with Crippen LogP contribution in [0.2, 0.25) is 0 Å². The van der Waals surface area contributed by atoms with Gasteiger partial charge in [0.15, 0.2) is 5.76 Å². The molecule has 0 saturated carbocycles. The van der Waals surface area contributed by atoms with Crippen molar-refractivity contribution >= 4 is 23.5 Å². The van der Waals surface area contributed by atoms with E-state index in [0.29, 0.717) is 11.7 Å². The monoisotopic (exact) mass is 217 g/mol. The molecule has 0 aliphatic rings. The number of thiophene rings is 1. The predicted molar refractivity (Wildman–Crippen MR) is 64.7 cm³/mol. The van der Waals surface area contributed by atoms with Crippen LogP contribution < -0.4 is 0 Å². The van der Waals surface area contributed by atoms with Crippen molar-refractivity contribution in [3.63, 3.8) is 0 Å². The van der Waals surface area contributed by atoms with Crippen molar-refractivity contribution in [2.45, 2.75) is 6.92 Å². The fraction of sp³-hybridized carbons (Fsp3) is 0.0833. The molecule has 76 valence electrons. The second-order valence-electron chi connectivity index (χ2n) is 3.09. The van der Waals surface area contributed by atoms with E-state index in [4.69, 9.17) is 4.42 Å². The Balaban J connectivity index is 2.49. The molecule has 2 nitrogen and oxygen atoms in total. The Morgan fingerprint density at radius 1 is 1.33 bits per heavy atom. The number of aryl methyl sites for hydroxylation is 1. The zero-order valence-electron chi connectivity index (χ0n) is 8.49. The second-order valence-corrected chi connectivity index (χ2v) is 4.37. The van der Waals surface area contributed by atoms with E-state index in [2.05, 4.69) is 25.1 Å². The molecule has 0 radical (unpaired) electrons. The molecule has 0 aromatic carbocycles. The first-order valence-corrected chi connectivity index (χ1v) is 5.38. The van der Waals surface area contributed by atoms with E-state index >= 15 is 0 Å². The van der Waals surface area contributed by atoms with E-state index in [9.17, 15) is 0 Å². The summed E-state index contributed by atoms with van der Waals surface area (Å²) in [5.74, 6) is 1.31. The first-order valence-electron chi connectivity index (χ1n) is 4.57. The highest BCUT2D eigenvalue weighted by atomic mass is 32.1. The summed E-state index contributed by atoms with van der Waals surface area (Å²) in [5.41, 5.74) is 0.742. The average molecular weight is 217 g/mol. The molecule has 0 atom stereocenters. The summed E-state index contributed by atoms with van der Waals surface area (Å²) in [5, 5.41) is 0. The van der Waals surface area contributed by atoms with Crippen LogP contribution >= 0.6 is 11.3 Å². The molecule has 0 fully saturated rings. The lowest BCUT2D eigenvalue weighted by Gasteiger charge is -1.86. The normalized spacial score (nSPS) is 10.2. The minimum absolute atomic E-state index is 0.637. The van der Waals surface area contributed by atoms with E-state index in [0.717, 1.165) is 10.6 Å². The standard InChI is InChI=1S/C12H11NOS/c1-4-9-10(5-2)14-12(13-9)11-7-6-8(3)15-11/h4-7H,1-2H2,3H3. The van der Waals surface area contributed by atoms with E-state index in [1.165, 1.54) is 4.88 Å². The summed E-state index contributed by atoms with van der Waals surface area (Å²) in [4.78, 5) is 6.61. The quantitative estimate of drug-likeness (QED) is 0.776. The van der Waals surface area contributed by atoms with E-state index in [-0.39, 0.29) is 0 Å². The van der Waals surface area contributed by atoms with Gasteiger partial charge in [-0.2, -0.15) is 0 Å². The fourth-order valence-electron chi connectivity index (χ4n) is 1.29. The fourth-order valence-corrected chi connectivity index (χ4v) is 2.08. The van der Waals surface area contributed by atoms with Crippen LogP contribution in [0.25, 0.3) is 22.9 Å². The summed E-state index contributed by atoms with van der Waals surface area (Å²) >= 11 is 1.66. The zero-order valence-corrected chi connectivity index (χ0v) is 9.30. The first-order chi connectivity index (χ1) is 7.24. The van der Waals surface area contributed by atoms with Crippen LogP contribution in [0.1, 0.15) is 16.3 Å². The highest BCUT2D eigenvalue weighted by Crippen LogP contribution is 2.29. The van der Waals surface area contributed by atoms with Gasteiger partial charge in [-0.15, -0.1) is 11.3 Å². The number of hydrogen-bond acceptors (Lipinski definition) is 3. The Hall–Kier alpha value is -1.61. The Morgan fingerprint density at radius 3 is 2.60 bits per heavy atom. The Kier molecular flexibility index (Phi) is 2.56. The number of hydrogen-bond donors (Lipinski definition) is 0. The van der Waals surface area contributed by atoms with Gasteiger partial charge in [-0.05, 0) is 31.2 Å². The van der Waals surface area contributed by atoms with Crippen LogP contribution in [0.15, 0.2) is 29.7 Å². The molecular weight excluding hydrogens is 206 g/mol. The van der Waals surface area contributed by atoms with Crippen molar-refractivity contribution in [3.8, 4) is 10.8 Å². The van der Waals surface area contributed by atoms with Gasteiger partial charge in [0.05, 0.1) is 4.88 Å².